The number of nitrogens with two attached hydrogens (primary N) is 1. The molecule has 0 spiro atoms. The minimum atomic E-state index is 0.521. The van der Waals surface area contributed by atoms with E-state index in [4.69, 9.17) is 5.73 Å². The van der Waals surface area contributed by atoms with Crippen molar-refractivity contribution < 1.29 is 0 Å². The minimum absolute atomic E-state index is 0.521. The monoisotopic (exact) mass is 193 g/mol. The lowest BCUT2D eigenvalue weighted by Crippen LogP contribution is -1.89. The van der Waals surface area contributed by atoms with Crippen LogP contribution in [0.3, 0.4) is 0 Å². The molecule has 0 aliphatic carbocycles. The largest absolute Gasteiger partial charge is 0.389 e. The smallest absolute Gasteiger partial charge is 0.210 e. The lowest BCUT2D eigenvalue weighted by atomic mass is 10.5. The van der Waals surface area contributed by atoms with Crippen LogP contribution < -0.4 is 5.73 Å². The second kappa shape index (κ2) is 3.06. The maximum atomic E-state index is 5.66. The Hall–Kier alpha value is -1.56. The van der Waals surface area contributed by atoms with E-state index in [1.54, 1.807) is 6.20 Å². The van der Waals surface area contributed by atoms with Gasteiger partial charge >= 0.3 is 0 Å². The molecule has 0 amide bonds. The van der Waals surface area contributed by atoms with E-state index in [-0.39, 0.29) is 0 Å². The molecular formula is C7H7N5S. The Labute approximate surface area is 78.7 Å². The number of aryl methyl sites for hydroxylation is 1. The summed E-state index contributed by atoms with van der Waals surface area (Å²) in [5.41, 5.74) is 6.47. The van der Waals surface area contributed by atoms with Crippen LogP contribution in [0.25, 0.3) is 10.8 Å². The van der Waals surface area contributed by atoms with E-state index in [0.717, 1.165) is 5.69 Å². The Morgan fingerprint density at radius 1 is 1.38 bits per heavy atom. The summed E-state index contributed by atoms with van der Waals surface area (Å²) in [6.07, 6.45) is 3.10. The van der Waals surface area contributed by atoms with Crippen LogP contribution in [0.2, 0.25) is 0 Å². The van der Waals surface area contributed by atoms with Gasteiger partial charge in [0, 0.05) is 6.20 Å². The van der Waals surface area contributed by atoms with Crippen LogP contribution in [0.15, 0.2) is 12.4 Å². The van der Waals surface area contributed by atoms with Gasteiger partial charge < -0.3 is 5.73 Å². The van der Waals surface area contributed by atoms with Crippen LogP contribution in [0.4, 0.5) is 5.00 Å². The van der Waals surface area contributed by atoms with Gasteiger partial charge in [-0.15, -0.1) is 5.10 Å². The van der Waals surface area contributed by atoms with Gasteiger partial charge in [-0.3, -0.25) is 0 Å². The molecule has 2 aromatic rings. The van der Waals surface area contributed by atoms with Crippen LogP contribution in [-0.4, -0.2) is 20.2 Å². The molecule has 2 aromatic heterocycles. The molecule has 2 heterocycles. The number of aromatic nitrogens is 4. The average Bonchev–Trinajstić information content (AvgIpc) is 2.49. The molecule has 5 nitrogen and oxygen atoms in total. The molecule has 6 heteroatoms. The summed E-state index contributed by atoms with van der Waals surface area (Å²) in [6, 6.07) is 0. The van der Waals surface area contributed by atoms with Crippen LogP contribution >= 0.6 is 11.3 Å². The highest BCUT2D eigenvalue weighted by Crippen LogP contribution is 2.26. The Kier molecular flexibility index (Phi) is 1.90. The standard InChI is InChI=1S/C7H7N5S/c1-4-5(8)13-7(11-4)6-9-2-3-10-12-6/h2-3H,8H2,1H3. The van der Waals surface area contributed by atoms with Crippen molar-refractivity contribution >= 4 is 16.3 Å². The predicted octanol–water partition coefficient (Wildman–Crippen LogP) is 0.886. The third-order valence-corrected chi connectivity index (χ3v) is 2.49. The summed E-state index contributed by atoms with van der Waals surface area (Å²) in [5.74, 6) is 0.521. The van der Waals surface area contributed by atoms with Gasteiger partial charge in [0.05, 0.1) is 11.9 Å². The molecule has 0 bridgehead atoms. The van der Waals surface area contributed by atoms with Crippen molar-refractivity contribution in [1.29, 1.82) is 0 Å². The number of nitrogens with zero attached hydrogens (tertiary/aromatic N) is 4. The molecule has 0 saturated carbocycles. The fourth-order valence-electron chi connectivity index (χ4n) is 0.849. The van der Waals surface area contributed by atoms with Crippen molar-refractivity contribution in [2.75, 3.05) is 5.73 Å². The lowest BCUT2D eigenvalue weighted by Gasteiger charge is -1.88. The van der Waals surface area contributed by atoms with Crippen molar-refractivity contribution in [1.82, 2.24) is 20.2 Å². The molecule has 0 radical (unpaired) electrons. The van der Waals surface area contributed by atoms with Crippen molar-refractivity contribution in [3.8, 4) is 10.8 Å². The van der Waals surface area contributed by atoms with Crippen molar-refractivity contribution in [2.24, 2.45) is 0 Å². The van der Waals surface area contributed by atoms with E-state index in [0.29, 0.717) is 15.8 Å². The average molecular weight is 193 g/mol. The number of nitrogen functional groups attached to an aromatic ring is 1. The maximum Gasteiger partial charge on any atom is 0.210 e. The molecule has 0 aromatic carbocycles. The summed E-state index contributed by atoms with van der Waals surface area (Å²) in [7, 11) is 0. The van der Waals surface area contributed by atoms with Crippen LogP contribution in [-0.2, 0) is 0 Å². The number of hydrogen-bond acceptors (Lipinski definition) is 6. The first-order valence-electron chi connectivity index (χ1n) is 3.64. The molecular weight excluding hydrogens is 186 g/mol. The van der Waals surface area contributed by atoms with Crippen LogP contribution in [0.1, 0.15) is 5.69 Å². The van der Waals surface area contributed by atoms with Crippen LogP contribution in [0.5, 0.6) is 0 Å². The molecule has 0 atom stereocenters. The number of thiazole rings is 1. The summed E-state index contributed by atoms with van der Waals surface area (Å²) in [4.78, 5) is 8.23. The minimum Gasteiger partial charge on any atom is -0.389 e. The first kappa shape index (κ1) is 8.06. The molecule has 0 fully saturated rings. The predicted molar refractivity (Wildman–Crippen MR) is 50.1 cm³/mol. The quantitative estimate of drug-likeness (QED) is 0.727. The van der Waals surface area contributed by atoms with Crippen molar-refractivity contribution in [3.63, 3.8) is 0 Å². The highest BCUT2D eigenvalue weighted by molar-refractivity contribution is 7.18. The van der Waals surface area contributed by atoms with Gasteiger partial charge in [0.2, 0.25) is 5.82 Å². The summed E-state index contributed by atoms with van der Waals surface area (Å²) in [6.45, 7) is 1.85. The zero-order valence-electron chi connectivity index (χ0n) is 6.93. The molecule has 2 N–H and O–H groups in total. The Morgan fingerprint density at radius 2 is 2.23 bits per heavy atom. The van der Waals surface area contributed by atoms with E-state index < -0.39 is 0 Å². The molecule has 0 aliphatic rings. The summed E-state index contributed by atoms with van der Waals surface area (Å²) >= 11 is 1.37. The second-order valence-corrected chi connectivity index (χ2v) is 3.47. The van der Waals surface area contributed by atoms with E-state index in [1.165, 1.54) is 17.5 Å². The Bertz CT molecular complexity index is 391. The zero-order chi connectivity index (χ0) is 9.26. The van der Waals surface area contributed by atoms with E-state index >= 15 is 0 Å². The number of hydrogen-bond donors (Lipinski definition) is 1. The van der Waals surface area contributed by atoms with E-state index in [1.807, 2.05) is 6.92 Å². The third kappa shape index (κ3) is 1.48. The third-order valence-electron chi connectivity index (χ3n) is 1.51. The molecule has 0 saturated heterocycles. The maximum absolute atomic E-state index is 5.66. The highest BCUT2D eigenvalue weighted by atomic mass is 32.1. The SMILES string of the molecule is Cc1nc(-c2nccnn2)sc1N. The van der Waals surface area contributed by atoms with Crippen molar-refractivity contribution in [3.05, 3.63) is 18.1 Å². The molecule has 66 valence electrons. The van der Waals surface area contributed by atoms with Gasteiger partial charge in [0.15, 0.2) is 5.01 Å². The Morgan fingerprint density at radius 3 is 2.77 bits per heavy atom. The van der Waals surface area contributed by atoms with Gasteiger partial charge in [-0.25, -0.2) is 9.97 Å². The van der Waals surface area contributed by atoms with Gasteiger partial charge in [0.25, 0.3) is 0 Å². The first-order valence-corrected chi connectivity index (χ1v) is 4.46. The normalized spacial score (nSPS) is 10.2. The fraction of sp³-hybridized carbons (Fsp3) is 0.143. The number of anilines is 1. The summed E-state index contributed by atoms with van der Waals surface area (Å²) in [5, 5.41) is 8.96. The van der Waals surface area contributed by atoms with E-state index in [9.17, 15) is 0 Å². The van der Waals surface area contributed by atoms with Gasteiger partial charge in [-0.05, 0) is 6.92 Å². The van der Waals surface area contributed by atoms with Crippen molar-refractivity contribution in [2.45, 2.75) is 6.92 Å². The fourth-order valence-corrected chi connectivity index (χ4v) is 1.62. The first-order chi connectivity index (χ1) is 6.27. The topological polar surface area (TPSA) is 77.6 Å². The molecule has 2 rings (SSSR count). The highest BCUT2D eigenvalue weighted by Gasteiger charge is 2.08. The zero-order valence-corrected chi connectivity index (χ0v) is 7.75. The molecule has 0 aliphatic heterocycles. The summed E-state index contributed by atoms with van der Waals surface area (Å²) < 4.78 is 0. The number of rotatable bonds is 1. The second-order valence-electron chi connectivity index (χ2n) is 2.43. The molecule has 13 heavy (non-hydrogen) atoms. The molecule has 0 unspecified atom stereocenters. The Balaban J connectivity index is 2.48. The van der Waals surface area contributed by atoms with Gasteiger partial charge in [0.1, 0.15) is 5.00 Å². The van der Waals surface area contributed by atoms with Gasteiger partial charge in [-0.2, -0.15) is 5.10 Å². The van der Waals surface area contributed by atoms with E-state index in [2.05, 4.69) is 20.2 Å². The van der Waals surface area contributed by atoms with Gasteiger partial charge in [-0.1, -0.05) is 11.3 Å². The van der Waals surface area contributed by atoms with Crippen LogP contribution in [0, 0.1) is 6.92 Å². The lowest BCUT2D eigenvalue weighted by molar-refractivity contribution is 0.975.